The van der Waals surface area contributed by atoms with Crippen LogP contribution in [0.2, 0.25) is 0 Å². The van der Waals surface area contributed by atoms with Crippen LogP contribution in [-0.4, -0.2) is 22.7 Å². The Morgan fingerprint density at radius 3 is 2.80 bits per heavy atom. The zero-order valence-corrected chi connectivity index (χ0v) is 11.8. The van der Waals surface area contributed by atoms with Crippen LogP contribution in [0, 0.1) is 6.92 Å². The lowest BCUT2D eigenvalue weighted by atomic mass is 10.1. The summed E-state index contributed by atoms with van der Waals surface area (Å²) in [5, 5.41) is 5.58. The van der Waals surface area contributed by atoms with Crippen LogP contribution in [0.1, 0.15) is 22.8 Å². The van der Waals surface area contributed by atoms with Crippen LogP contribution in [-0.2, 0) is 6.61 Å². The number of anilines is 1. The van der Waals surface area contributed by atoms with Gasteiger partial charge in [-0.25, -0.2) is 10.5 Å². The summed E-state index contributed by atoms with van der Waals surface area (Å²) in [6, 6.07) is 7.53. The van der Waals surface area contributed by atoms with Crippen LogP contribution in [0.5, 0.6) is 5.88 Å². The highest BCUT2D eigenvalue weighted by atomic mass is 16.5. The number of carbonyl (C=O) groups is 1. The molecule has 0 atom stereocenters. The van der Waals surface area contributed by atoms with Gasteiger partial charge in [0.15, 0.2) is 0 Å². The first kappa shape index (κ1) is 14.1. The molecule has 0 amide bonds. The molecule has 0 bridgehead atoms. The average Bonchev–Trinajstić information content (AvgIpc) is 2.86. The van der Waals surface area contributed by atoms with Gasteiger partial charge in [-0.05, 0) is 18.6 Å². The fourth-order valence-corrected chi connectivity index (χ4v) is 1.91. The number of aromatic nitrogens is 2. The van der Waals surface area contributed by atoms with Gasteiger partial charge in [-0.2, -0.15) is 0 Å². The largest absolute Gasteiger partial charge is 0.472 e. The molecule has 1 aromatic heterocycles. The zero-order valence-electron chi connectivity index (χ0n) is 11.8. The van der Waals surface area contributed by atoms with E-state index in [0.717, 1.165) is 16.8 Å². The Morgan fingerprint density at radius 2 is 2.20 bits per heavy atom. The minimum absolute atomic E-state index is 0.155. The summed E-state index contributed by atoms with van der Waals surface area (Å²) < 4.78 is 6.87. The van der Waals surface area contributed by atoms with Crippen LogP contribution < -0.4 is 15.6 Å². The summed E-state index contributed by atoms with van der Waals surface area (Å²) in [7, 11) is 1.78. The summed E-state index contributed by atoms with van der Waals surface area (Å²) in [5.41, 5.74) is 2.98. The first-order chi connectivity index (χ1) is 9.49. The number of hydrogen-bond donors (Lipinski definition) is 1. The van der Waals surface area contributed by atoms with E-state index < -0.39 is 0 Å². The first-order valence-electron chi connectivity index (χ1n) is 6.25. The summed E-state index contributed by atoms with van der Waals surface area (Å²) >= 11 is 0. The molecule has 2 aromatic rings. The number of carbonyl (C=O) groups excluding carboxylic acids is 1. The van der Waals surface area contributed by atoms with Crippen molar-refractivity contribution in [2.75, 3.05) is 12.1 Å². The van der Waals surface area contributed by atoms with Crippen LogP contribution in [0.15, 0.2) is 30.5 Å². The maximum absolute atomic E-state index is 11.2. The highest BCUT2D eigenvalue weighted by molar-refractivity contribution is 5.75. The molecule has 1 aromatic carbocycles. The monoisotopic (exact) mass is 274 g/mol. The maximum atomic E-state index is 11.2. The predicted octanol–water partition coefficient (Wildman–Crippen LogP) is 1.74. The van der Waals surface area contributed by atoms with E-state index in [4.69, 9.17) is 10.6 Å². The van der Waals surface area contributed by atoms with Crippen molar-refractivity contribution in [3.05, 3.63) is 41.6 Å². The number of hydrogen-bond acceptors (Lipinski definition) is 5. The Kier molecular flexibility index (Phi) is 4.05. The SMILES string of the molecule is CC(=O)n1ccc(OCc2c(C)cccc2N(C)N)n1. The summed E-state index contributed by atoms with van der Waals surface area (Å²) in [4.78, 5) is 11.2. The van der Waals surface area contributed by atoms with Crippen LogP contribution >= 0.6 is 0 Å². The molecule has 0 fully saturated rings. The van der Waals surface area contributed by atoms with Gasteiger partial charge in [-0.15, -0.1) is 5.10 Å². The minimum atomic E-state index is -0.155. The molecule has 0 spiro atoms. The van der Waals surface area contributed by atoms with E-state index in [9.17, 15) is 4.79 Å². The van der Waals surface area contributed by atoms with Gasteiger partial charge in [0.1, 0.15) is 6.61 Å². The van der Waals surface area contributed by atoms with Crippen molar-refractivity contribution in [1.29, 1.82) is 0 Å². The third-order valence-electron chi connectivity index (χ3n) is 3.02. The lowest BCUT2D eigenvalue weighted by molar-refractivity contribution is 0.0918. The number of ether oxygens (including phenoxy) is 1. The molecule has 0 aliphatic carbocycles. The molecule has 0 unspecified atom stereocenters. The van der Waals surface area contributed by atoms with Crippen molar-refractivity contribution in [3.8, 4) is 5.88 Å². The van der Waals surface area contributed by atoms with Gasteiger partial charge in [-0.3, -0.25) is 4.79 Å². The van der Waals surface area contributed by atoms with Gasteiger partial charge in [0.2, 0.25) is 11.8 Å². The number of hydrazine groups is 1. The van der Waals surface area contributed by atoms with Crippen molar-refractivity contribution < 1.29 is 9.53 Å². The van der Waals surface area contributed by atoms with E-state index in [1.807, 2.05) is 25.1 Å². The topological polar surface area (TPSA) is 73.4 Å². The fourth-order valence-electron chi connectivity index (χ4n) is 1.91. The average molecular weight is 274 g/mol. The maximum Gasteiger partial charge on any atom is 0.243 e. The van der Waals surface area contributed by atoms with Crippen molar-refractivity contribution in [2.45, 2.75) is 20.5 Å². The Morgan fingerprint density at radius 1 is 1.45 bits per heavy atom. The van der Waals surface area contributed by atoms with Gasteiger partial charge < -0.3 is 9.75 Å². The van der Waals surface area contributed by atoms with E-state index in [1.165, 1.54) is 11.6 Å². The molecule has 1 heterocycles. The summed E-state index contributed by atoms with van der Waals surface area (Å²) in [5.74, 6) is 6.07. The molecule has 6 nitrogen and oxygen atoms in total. The molecule has 106 valence electrons. The highest BCUT2D eigenvalue weighted by Gasteiger charge is 2.10. The third-order valence-corrected chi connectivity index (χ3v) is 3.02. The van der Waals surface area contributed by atoms with Gasteiger partial charge in [0.25, 0.3) is 0 Å². The molecular formula is C14H18N4O2. The van der Waals surface area contributed by atoms with Crippen molar-refractivity contribution in [1.82, 2.24) is 9.78 Å². The van der Waals surface area contributed by atoms with Gasteiger partial charge in [0.05, 0.1) is 5.69 Å². The summed E-state index contributed by atoms with van der Waals surface area (Å²) in [6.07, 6.45) is 1.57. The third kappa shape index (κ3) is 2.97. The van der Waals surface area contributed by atoms with Gasteiger partial charge >= 0.3 is 0 Å². The van der Waals surface area contributed by atoms with Crippen LogP contribution in [0.3, 0.4) is 0 Å². The second kappa shape index (κ2) is 5.75. The highest BCUT2D eigenvalue weighted by Crippen LogP contribution is 2.22. The fraction of sp³-hybridized carbons (Fsp3) is 0.286. The Balaban J connectivity index is 2.16. The van der Waals surface area contributed by atoms with E-state index in [0.29, 0.717) is 12.5 Å². The second-order valence-electron chi connectivity index (χ2n) is 4.59. The lowest BCUT2D eigenvalue weighted by Crippen LogP contribution is -2.26. The number of rotatable bonds is 4. The van der Waals surface area contributed by atoms with E-state index in [2.05, 4.69) is 5.10 Å². The van der Waals surface area contributed by atoms with Crippen molar-refractivity contribution >= 4 is 11.6 Å². The Bertz CT molecular complexity index is 619. The molecule has 0 saturated carbocycles. The molecule has 0 aliphatic rings. The molecule has 6 heteroatoms. The normalized spacial score (nSPS) is 10.4. The quantitative estimate of drug-likeness (QED) is 0.679. The standard InChI is InChI=1S/C14H18N4O2/c1-10-5-4-6-13(17(3)15)12(10)9-20-14-7-8-18(16-14)11(2)19/h4-8H,9,15H2,1-3H3. The van der Waals surface area contributed by atoms with Crippen molar-refractivity contribution in [3.63, 3.8) is 0 Å². The van der Waals surface area contributed by atoms with E-state index in [-0.39, 0.29) is 5.91 Å². The van der Waals surface area contributed by atoms with Crippen molar-refractivity contribution in [2.24, 2.45) is 5.84 Å². The smallest absolute Gasteiger partial charge is 0.243 e. The molecule has 0 aliphatic heterocycles. The molecule has 2 rings (SSSR count). The van der Waals surface area contributed by atoms with Gasteiger partial charge in [-0.1, -0.05) is 12.1 Å². The van der Waals surface area contributed by atoms with E-state index in [1.54, 1.807) is 24.3 Å². The van der Waals surface area contributed by atoms with Crippen LogP contribution in [0.4, 0.5) is 5.69 Å². The minimum Gasteiger partial charge on any atom is -0.472 e. The first-order valence-corrected chi connectivity index (χ1v) is 6.25. The Labute approximate surface area is 117 Å². The molecule has 0 saturated heterocycles. The lowest BCUT2D eigenvalue weighted by Gasteiger charge is -2.18. The number of aryl methyl sites for hydroxylation is 1. The molecule has 20 heavy (non-hydrogen) atoms. The molecule has 2 N–H and O–H groups in total. The Hall–Kier alpha value is -2.34. The number of benzene rings is 1. The number of nitrogens with zero attached hydrogens (tertiary/aromatic N) is 3. The molecule has 0 radical (unpaired) electrons. The predicted molar refractivity (Wildman–Crippen MR) is 76.6 cm³/mol. The second-order valence-corrected chi connectivity index (χ2v) is 4.59. The van der Waals surface area contributed by atoms with E-state index >= 15 is 0 Å². The molecular weight excluding hydrogens is 256 g/mol. The zero-order chi connectivity index (χ0) is 14.7. The number of nitrogens with two attached hydrogens (primary N) is 1. The summed E-state index contributed by atoms with van der Waals surface area (Å²) in [6.45, 7) is 3.79. The van der Waals surface area contributed by atoms with Crippen LogP contribution in [0.25, 0.3) is 0 Å². The van der Waals surface area contributed by atoms with Gasteiger partial charge in [0, 0.05) is 31.8 Å².